The van der Waals surface area contributed by atoms with Gasteiger partial charge in [-0.3, -0.25) is 0 Å². The number of ether oxygens (including phenoxy) is 1. The maximum atomic E-state index is 5.84. The number of benzene rings is 2. The van der Waals surface area contributed by atoms with Crippen LogP contribution in [0, 0.1) is 0 Å². The molecule has 26 heavy (non-hydrogen) atoms. The van der Waals surface area contributed by atoms with Crippen LogP contribution in [-0.4, -0.2) is 19.5 Å². The first-order chi connectivity index (χ1) is 12.9. The minimum Gasteiger partial charge on any atom is -0.488 e. The summed E-state index contributed by atoms with van der Waals surface area (Å²) in [6.45, 7) is 1.32. The maximum Gasteiger partial charge on any atom is 0.164 e. The number of nitrogens with zero attached hydrogens (tertiary/aromatic N) is 4. The molecule has 0 spiro atoms. The molecule has 5 rings (SSSR count). The summed E-state index contributed by atoms with van der Waals surface area (Å²) in [5, 5.41) is 0. The molecule has 126 valence electrons. The van der Waals surface area contributed by atoms with Gasteiger partial charge >= 0.3 is 0 Å². The Labute approximate surface area is 150 Å². The molecule has 2 aromatic carbocycles. The average molecular weight is 340 g/mol. The van der Waals surface area contributed by atoms with Crippen LogP contribution >= 0.6 is 0 Å². The third kappa shape index (κ3) is 2.54. The Balaban J connectivity index is 1.55. The molecule has 5 heteroatoms. The van der Waals surface area contributed by atoms with E-state index in [1.807, 2.05) is 47.3 Å². The summed E-state index contributed by atoms with van der Waals surface area (Å²) in [5.41, 5.74) is 5.89. The molecule has 0 radical (unpaired) electrons. The van der Waals surface area contributed by atoms with E-state index < -0.39 is 0 Å². The number of fused-ring (bicyclic) bond motifs is 2. The number of hydrogen-bond donors (Lipinski definition) is 0. The van der Waals surface area contributed by atoms with E-state index in [4.69, 9.17) is 4.74 Å². The van der Waals surface area contributed by atoms with Crippen molar-refractivity contribution in [1.82, 2.24) is 19.5 Å². The lowest BCUT2D eigenvalue weighted by molar-refractivity contribution is 0.287. The fourth-order valence-corrected chi connectivity index (χ4v) is 3.26. The smallest absolute Gasteiger partial charge is 0.164 e. The van der Waals surface area contributed by atoms with Crippen molar-refractivity contribution in [3.8, 4) is 0 Å². The average Bonchev–Trinajstić information content (AvgIpc) is 3.28. The van der Waals surface area contributed by atoms with Gasteiger partial charge in [-0.2, -0.15) is 0 Å². The van der Waals surface area contributed by atoms with E-state index in [-0.39, 0.29) is 0 Å². The molecule has 0 aliphatic carbocycles. The van der Waals surface area contributed by atoms with Crippen LogP contribution in [0.15, 0.2) is 67.3 Å². The van der Waals surface area contributed by atoms with Gasteiger partial charge in [0.2, 0.25) is 0 Å². The van der Waals surface area contributed by atoms with Gasteiger partial charge in [-0.05, 0) is 5.56 Å². The maximum absolute atomic E-state index is 5.84. The molecular weight excluding hydrogens is 324 g/mol. The van der Waals surface area contributed by atoms with Crippen LogP contribution in [0.2, 0.25) is 0 Å². The van der Waals surface area contributed by atoms with Crippen LogP contribution in [0.5, 0.6) is 0 Å². The first-order valence-corrected chi connectivity index (χ1v) is 8.51. The van der Waals surface area contributed by atoms with Gasteiger partial charge in [0.15, 0.2) is 5.65 Å². The van der Waals surface area contributed by atoms with E-state index in [0.29, 0.717) is 6.61 Å². The van der Waals surface area contributed by atoms with Crippen molar-refractivity contribution >= 4 is 23.0 Å². The Bertz CT molecular complexity index is 1120. The zero-order chi connectivity index (χ0) is 17.3. The van der Waals surface area contributed by atoms with Crippen LogP contribution in [0.25, 0.3) is 23.0 Å². The van der Waals surface area contributed by atoms with Gasteiger partial charge in [0, 0.05) is 17.2 Å². The fourth-order valence-electron chi connectivity index (χ4n) is 3.26. The Morgan fingerprint density at radius 2 is 1.81 bits per heavy atom. The lowest BCUT2D eigenvalue weighted by Gasteiger charge is -2.04. The molecular formula is C21H16N4O. The first-order valence-electron chi connectivity index (χ1n) is 8.51. The van der Waals surface area contributed by atoms with Crippen LogP contribution in [0.1, 0.15) is 22.4 Å². The van der Waals surface area contributed by atoms with Crippen LogP contribution in [0.3, 0.4) is 0 Å². The third-order valence-corrected chi connectivity index (χ3v) is 4.56. The molecule has 0 atom stereocenters. The molecule has 1 aliphatic heterocycles. The standard InChI is InChI=1S/C21H16N4O/c1-2-6-15(7-3-1)11-25-14-24-20-18(22-13-23-21(20)25)10-19-17-9-5-4-8-16(17)12-26-19/h1-10,13-14H,11-12H2/b19-10-. The van der Waals surface area contributed by atoms with E-state index in [2.05, 4.69) is 39.2 Å². The van der Waals surface area contributed by atoms with E-state index in [9.17, 15) is 0 Å². The predicted molar refractivity (Wildman–Crippen MR) is 100.0 cm³/mol. The first kappa shape index (κ1) is 14.8. The molecule has 0 amide bonds. The Hall–Kier alpha value is -3.47. The largest absolute Gasteiger partial charge is 0.488 e. The van der Waals surface area contributed by atoms with E-state index in [1.54, 1.807) is 6.33 Å². The molecule has 2 aromatic heterocycles. The zero-order valence-corrected chi connectivity index (χ0v) is 14.0. The minimum absolute atomic E-state index is 0.596. The number of rotatable bonds is 3. The molecule has 4 aromatic rings. The Morgan fingerprint density at radius 3 is 2.73 bits per heavy atom. The van der Waals surface area contributed by atoms with Crippen molar-refractivity contribution in [2.24, 2.45) is 0 Å². The Kier molecular flexibility index (Phi) is 3.49. The zero-order valence-electron chi connectivity index (χ0n) is 14.0. The molecule has 0 saturated carbocycles. The van der Waals surface area contributed by atoms with E-state index in [0.717, 1.165) is 34.7 Å². The number of aromatic nitrogens is 4. The van der Waals surface area contributed by atoms with Crippen molar-refractivity contribution in [3.05, 3.63) is 89.6 Å². The lowest BCUT2D eigenvalue weighted by Crippen LogP contribution is -1.99. The number of hydrogen-bond acceptors (Lipinski definition) is 4. The third-order valence-electron chi connectivity index (χ3n) is 4.56. The van der Waals surface area contributed by atoms with Crippen molar-refractivity contribution < 1.29 is 4.74 Å². The van der Waals surface area contributed by atoms with Crippen molar-refractivity contribution in [2.45, 2.75) is 13.2 Å². The van der Waals surface area contributed by atoms with Crippen molar-refractivity contribution in [2.75, 3.05) is 0 Å². The molecule has 0 bridgehead atoms. The summed E-state index contributed by atoms with van der Waals surface area (Å²) in [5.74, 6) is 0.832. The molecule has 5 nitrogen and oxygen atoms in total. The second-order valence-electron chi connectivity index (χ2n) is 6.24. The second-order valence-corrected chi connectivity index (χ2v) is 6.24. The minimum atomic E-state index is 0.596. The summed E-state index contributed by atoms with van der Waals surface area (Å²) in [6, 6.07) is 18.5. The molecule has 0 unspecified atom stereocenters. The SMILES string of the molecule is C(=C1/OCc2ccccc21)/c1ncnc2c1ncn2Cc1ccccc1. The van der Waals surface area contributed by atoms with Crippen LogP contribution < -0.4 is 0 Å². The van der Waals surface area contributed by atoms with Crippen LogP contribution in [-0.2, 0) is 17.9 Å². The molecule has 0 fully saturated rings. The monoisotopic (exact) mass is 340 g/mol. The topological polar surface area (TPSA) is 52.8 Å². The van der Waals surface area contributed by atoms with Gasteiger partial charge in [0.05, 0.1) is 18.6 Å². The van der Waals surface area contributed by atoms with Gasteiger partial charge in [0.1, 0.15) is 24.2 Å². The second kappa shape index (κ2) is 6.11. The summed E-state index contributed by atoms with van der Waals surface area (Å²) >= 11 is 0. The van der Waals surface area contributed by atoms with Gasteiger partial charge < -0.3 is 9.30 Å². The normalized spacial score (nSPS) is 14.5. The lowest BCUT2D eigenvalue weighted by atomic mass is 10.1. The van der Waals surface area contributed by atoms with Gasteiger partial charge in [0.25, 0.3) is 0 Å². The highest BCUT2D eigenvalue weighted by Crippen LogP contribution is 2.31. The highest BCUT2D eigenvalue weighted by Gasteiger charge is 2.18. The van der Waals surface area contributed by atoms with E-state index >= 15 is 0 Å². The predicted octanol–water partition coefficient (Wildman–Crippen LogP) is 3.90. The molecule has 0 saturated heterocycles. The summed E-state index contributed by atoms with van der Waals surface area (Å²) < 4.78 is 7.88. The van der Waals surface area contributed by atoms with Crippen LogP contribution in [0.4, 0.5) is 0 Å². The highest BCUT2D eigenvalue weighted by molar-refractivity contribution is 5.88. The van der Waals surface area contributed by atoms with Gasteiger partial charge in [-0.25, -0.2) is 15.0 Å². The quantitative estimate of drug-likeness (QED) is 0.567. The summed E-state index contributed by atoms with van der Waals surface area (Å²) in [4.78, 5) is 13.4. The molecule has 1 aliphatic rings. The molecule has 0 N–H and O–H groups in total. The van der Waals surface area contributed by atoms with Crippen molar-refractivity contribution in [3.63, 3.8) is 0 Å². The van der Waals surface area contributed by atoms with Crippen molar-refractivity contribution in [1.29, 1.82) is 0 Å². The fraction of sp³-hybridized carbons (Fsp3) is 0.0952. The summed E-state index contributed by atoms with van der Waals surface area (Å²) in [7, 11) is 0. The Morgan fingerprint density at radius 1 is 0.962 bits per heavy atom. The van der Waals surface area contributed by atoms with Gasteiger partial charge in [-0.15, -0.1) is 0 Å². The summed E-state index contributed by atoms with van der Waals surface area (Å²) in [6.07, 6.45) is 5.35. The molecule has 3 heterocycles. The number of imidazole rings is 1. The highest BCUT2D eigenvalue weighted by atomic mass is 16.5. The van der Waals surface area contributed by atoms with Gasteiger partial charge in [-0.1, -0.05) is 54.6 Å². The van der Waals surface area contributed by atoms with E-state index in [1.165, 1.54) is 11.1 Å².